The molecule has 0 fully saturated rings. The SMILES string of the molecule is CC(C)COc1ccccc1-c1ccco1. The number of hydrogen-bond donors (Lipinski definition) is 0. The van der Waals surface area contributed by atoms with Crippen molar-refractivity contribution in [2.45, 2.75) is 13.8 Å². The number of rotatable bonds is 4. The van der Waals surface area contributed by atoms with Crippen LogP contribution >= 0.6 is 0 Å². The summed E-state index contributed by atoms with van der Waals surface area (Å²) in [5.74, 6) is 2.25. The molecule has 0 radical (unpaired) electrons. The fourth-order valence-corrected chi connectivity index (χ4v) is 1.48. The Balaban J connectivity index is 2.24. The van der Waals surface area contributed by atoms with E-state index in [1.165, 1.54) is 0 Å². The molecule has 0 saturated carbocycles. The van der Waals surface area contributed by atoms with Gasteiger partial charge in [0, 0.05) is 0 Å². The number of para-hydroxylation sites is 1. The zero-order valence-electron chi connectivity index (χ0n) is 9.64. The lowest BCUT2D eigenvalue weighted by Gasteiger charge is -2.11. The summed E-state index contributed by atoms with van der Waals surface area (Å²) in [6.45, 7) is 4.99. The third kappa shape index (κ3) is 2.45. The molecule has 2 heteroatoms. The van der Waals surface area contributed by atoms with Crippen LogP contribution in [0.1, 0.15) is 13.8 Å². The van der Waals surface area contributed by atoms with Crippen LogP contribution in [0.25, 0.3) is 11.3 Å². The lowest BCUT2D eigenvalue weighted by molar-refractivity contribution is 0.271. The lowest BCUT2D eigenvalue weighted by Crippen LogP contribution is -2.05. The maximum absolute atomic E-state index is 5.76. The summed E-state index contributed by atoms with van der Waals surface area (Å²) in [4.78, 5) is 0. The fraction of sp³-hybridized carbons (Fsp3) is 0.286. The topological polar surface area (TPSA) is 22.4 Å². The second kappa shape index (κ2) is 4.88. The molecule has 0 spiro atoms. The van der Waals surface area contributed by atoms with Crippen molar-refractivity contribution in [2.75, 3.05) is 6.61 Å². The van der Waals surface area contributed by atoms with Crippen LogP contribution < -0.4 is 4.74 Å². The average molecular weight is 216 g/mol. The monoisotopic (exact) mass is 216 g/mol. The van der Waals surface area contributed by atoms with Crippen LogP contribution in [0, 0.1) is 5.92 Å². The fourth-order valence-electron chi connectivity index (χ4n) is 1.48. The summed E-state index contributed by atoms with van der Waals surface area (Å²) in [5, 5.41) is 0. The van der Waals surface area contributed by atoms with Gasteiger partial charge in [-0.15, -0.1) is 0 Å². The van der Waals surface area contributed by atoms with Crippen molar-refractivity contribution >= 4 is 0 Å². The van der Waals surface area contributed by atoms with E-state index >= 15 is 0 Å². The van der Waals surface area contributed by atoms with Gasteiger partial charge in [0.1, 0.15) is 11.5 Å². The summed E-state index contributed by atoms with van der Waals surface area (Å²) in [6, 6.07) is 11.8. The molecule has 0 unspecified atom stereocenters. The van der Waals surface area contributed by atoms with Gasteiger partial charge in [0.15, 0.2) is 0 Å². The maximum Gasteiger partial charge on any atom is 0.137 e. The molecule has 1 heterocycles. The largest absolute Gasteiger partial charge is 0.493 e. The first-order chi connectivity index (χ1) is 7.77. The molecule has 0 aliphatic rings. The van der Waals surface area contributed by atoms with Gasteiger partial charge in [-0.25, -0.2) is 0 Å². The van der Waals surface area contributed by atoms with E-state index in [4.69, 9.17) is 9.15 Å². The van der Waals surface area contributed by atoms with Crippen LogP contribution in [-0.2, 0) is 0 Å². The molecular weight excluding hydrogens is 200 g/mol. The van der Waals surface area contributed by atoms with Gasteiger partial charge in [0.25, 0.3) is 0 Å². The smallest absolute Gasteiger partial charge is 0.137 e. The molecule has 1 aromatic carbocycles. The molecule has 0 aliphatic carbocycles. The molecule has 2 rings (SSSR count). The van der Waals surface area contributed by atoms with Crippen molar-refractivity contribution in [1.82, 2.24) is 0 Å². The molecule has 16 heavy (non-hydrogen) atoms. The molecular formula is C14H16O2. The van der Waals surface area contributed by atoms with E-state index in [2.05, 4.69) is 13.8 Å². The highest BCUT2D eigenvalue weighted by Crippen LogP contribution is 2.30. The summed E-state index contributed by atoms with van der Waals surface area (Å²) < 4.78 is 11.1. The molecule has 84 valence electrons. The lowest BCUT2D eigenvalue weighted by atomic mass is 10.1. The van der Waals surface area contributed by atoms with E-state index in [1.54, 1.807) is 6.26 Å². The van der Waals surface area contributed by atoms with Crippen molar-refractivity contribution in [2.24, 2.45) is 5.92 Å². The second-order valence-electron chi connectivity index (χ2n) is 4.18. The third-order valence-corrected chi connectivity index (χ3v) is 2.25. The van der Waals surface area contributed by atoms with Gasteiger partial charge in [-0.2, -0.15) is 0 Å². The molecule has 0 N–H and O–H groups in total. The van der Waals surface area contributed by atoms with Gasteiger partial charge in [0.2, 0.25) is 0 Å². The molecule has 0 saturated heterocycles. The highest BCUT2D eigenvalue weighted by Gasteiger charge is 2.08. The number of furan rings is 1. The van der Waals surface area contributed by atoms with E-state index in [-0.39, 0.29) is 0 Å². The molecule has 0 atom stereocenters. The molecule has 0 bridgehead atoms. The first-order valence-electron chi connectivity index (χ1n) is 5.53. The standard InChI is InChI=1S/C14H16O2/c1-11(2)10-16-14-7-4-3-6-12(14)13-8-5-9-15-13/h3-9,11H,10H2,1-2H3. The zero-order valence-corrected chi connectivity index (χ0v) is 9.64. The second-order valence-corrected chi connectivity index (χ2v) is 4.18. The van der Waals surface area contributed by atoms with Crippen LogP contribution in [0.3, 0.4) is 0 Å². The summed E-state index contributed by atoms with van der Waals surface area (Å²) in [6.07, 6.45) is 1.68. The Kier molecular flexibility index (Phi) is 3.30. The van der Waals surface area contributed by atoms with E-state index in [0.29, 0.717) is 5.92 Å². The first-order valence-corrected chi connectivity index (χ1v) is 5.53. The Hall–Kier alpha value is -1.70. The molecule has 0 amide bonds. The normalized spacial score (nSPS) is 10.7. The minimum Gasteiger partial charge on any atom is -0.493 e. The molecule has 0 aliphatic heterocycles. The summed E-state index contributed by atoms with van der Waals surface area (Å²) in [7, 11) is 0. The Morgan fingerprint density at radius 1 is 1.12 bits per heavy atom. The van der Waals surface area contributed by atoms with Crippen molar-refractivity contribution in [1.29, 1.82) is 0 Å². The van der Waals surface area contributed by atoms with Crippen LogP contribution in [-0.4, -0.2) is 6.61 Å². The zero-order chi connectivity index (χ0) is 11.4. The van der Waals surface area contributed by atoms with Gasteiger partial charge in [-0.3, -0.25) is 0 Å². The van der Waals surface area contributed by atoms with Crippen LogP contribution in [0.2, 0.25) is 0 Å². The number of hydrogen-bond acceptors (Lipinski definition) is 2. The molecule has 1 aromatic heterocycles. The van der Waals surface area contributed by atoms with Crippen LogP contribution in [0.5, 0.6) is 5.75 Å². The van der Waals surface area contributed by atoms with Gasteiger partial charge in [-0.05, 0) is 30.2 Å². The van der Waals surface area contributed by atoms with E-state index < -0.39 is 0 Å². The highest BCUT2D eigenvalue weighted by molar-refractivity contribution is 5.65. The highest BCUT2D eigenvalue weighted by atomic mass is 16.5. The van der Waals surface area contributed by atoms with Gasteiger partial charge >= 0.3 is 0 Å². The maximum atomic E-state index is 5.76. The average Bonchev–Trinajstić information content (AvgIpc) is 2.80. The number of benzene rings is 1. The van der Waals surface area contributed by atoms with Crippen LogP contribution in [0.4, 0.5) is 0 Å². The molecule has 2 nitrogen and oxygen atoms in total. The van der Waals surface area contributed by atoms with E-state index in [0.717, 1.165) is 23.7 Å². The summed E-state index contributed by atoms with van der Waals surface area (Å²) >= 11 is 0. The Morgan fingerprint density at radius 2 is 1.94 bits per heavy atom. The van der Waals surface area contributed by atoms with Crippen molar-refractivity contribution in [3.05, 3.63) is 42.7 Å². The predicted octanol–water partition coefficient (Wildman–Crippen LogP) is 3.98. The van der Waals surface area contributed by atoms with Crippen LogP contribution in [0.15, 0.2) is 47.1 Å². The van der Waals surface area contributed by atoms with Crippen molar-refractivity contribution in [3.8, 4) is 17.1 Å². The quantitative estimate of drug-likeness (QED) is 0.771. The first kappa shape index (κ1) is 10.8. The predicted molar refractivity (Wildman–Crippen MR) is 64.5 cm³/mol. The van der Waals surface area contributed by atoms with Gasteiger partial charge < -0.3 is 9.15 Å². The van der Waals surface area contributed by atoms with Crippen molar-refractivity contribution in [3.63, 3.8) is 0 Å². The third-order valence-electron chi connectivity index (χ3n) is 2.25. The van der Waals surface area contributed by atoms with Gasteiger partial charge in [0.05, 0.1) is 18.4 Å². The Morgan fingerprint density at radius 3 is 2.62 bits per heavy atom. The Bertz CT molecular complexity index is 430. The Labute approximate surface area is 95.9 Å². The molecule has 2 aromatic rings. The van der Waals surface area contributed by atoms with Gasteiger partial charge in [-0.1, -0.05) is 26.0 Å². The minimum absolute atomic E-state index is 0.518. The number of ether oxygens (including phenoxy) is 1. The van der Waals surface area contributed by atoms with Crippen molar-refractivity contribution < 1.29 is 9.15 Å². The minimum atomic E-state index is 0.518. The van der Waals surface area contributed by atoms with E-state index in [9.17, 15) is 0 Å². The van der Waals surface area contributed by atoms with E-state index in [1.807, 2.05) is 36.4 Å². The summed E-state index contributed by atoms with van der Waals surface area (Å²) in [5.41, 5.74) is 1.01.